The lowest BCUT2D eigenvalue weighted by Crippen LogP contribution is -2.58. The van der Waals surface area contributed by atoms with Crippen molar-refractivity contribution >= 4 is 29.7 Å². The summed E-state index contributed by atoms with van der Waals surface area (Å²) in [6.45, 7) is 7.08. The third kappa shape index (κ3) is 8.61. The number of Topliss-reactive ketones (excluding diaryl/α,β-unsaturated/α-hetero) is 1. The average molecular weight is 616 g/mol. The molecule has 2 aromatic rings. The number of halogens is 2. The van der Waals surface area contributed by atoms with Crippen LogP contribution >= 0.6 is 0 Å². The number of carboxylic acids is 1. The first-order valence-corrected chi connectivity index (χ1v) is 14.6. The lowest BCUT2D eigenvalue weighted by Gasteiger charge is -2.28. The molecule has 3 amide bonds. The van der Waals surface area contributed by atoms with Gasteiger partial charge in [-0.15, -0.1) is 0 Å². The van der Waals surface area contributed by atoms with Crippen LogP contribution in [-0.2, 0) is 23.9 Å². The third-order valence-corrected chi connectivity index (χ3v) is 7.71. The molecule has 44 heavy (non-hydrogen) atoms. The molecule has 0 radical (unpaired) electrons. The first-order chi connectivity index (χ1) is 20.8. The summed E-state index contributed by atoms with van der Waals surface area (Å²) in [5.41, 5.74) is 4.16. The molecule has 0 saturated carbocycles. The second-order valence-electron chi connectivity index (χ2n) is 11.4. The van der Waals surface area contributed by atoms with Crippen LogP contribution in [0.2, 0.25) is 0 Å². The van der Waals surface area contributed by atoms with E-state index >= 15 is 0 Å². The minimum absolute atomic E-state index is 0.0240. The molecule has 0 fully saturated rings. The number of carbonyl (C=O) groups is 5. The Bertz CT molecular complexity index is 1320. The number of ether oxygens (including phenoxy) is 1. The normalized spacial score (nSPS) is 15.0. The Balaban J connectivity index is 1.71. The van der Waals surface area contributed by atoms with Crippen molar-refractivity contribution in [2.75, 3.05) is 6.61 Å². The number of carbonyl (C=O) groups excluding carboxylic acids is 4. The van der Waals surface area contributed by atoms with Crippen molar-refractivity contribution in [3.8, 4) is 11.1 Å². The molecule has 12 heteroatoms. The fourth-order valence-electron chi connectivity index (χ4n) is 5.26. The summed E-state index contributed by atoms with van der Waals surface area (Å²) in [6, 6.07) is 11.3. The van der Waals surface area contributed by atoms with E-state index in [9.17, 15) is 32.8 Å². The van der Waals surface area contributed by atoms with Crippen LogP contribution in [0.4, 0.5) is 13.6 Å². The molecule has 3 rings (SSSR count). The zero-order valence-electron chi connectivity index (χ0n) is 25.1. The van der Waals surface area contributed by atoms with Gasteiger partial charge in [-0.05, 0) is 40.5 Å². The summed E-state index contributed by atoms with van der Waals surface area (Å²) in [7, 11) is 0. The fraction of sp³-hybridized carbons (Fsp3) is 0.469. The summed E-state index contributed by atoms with van der Waals surface area (Å²) in [4.78, 5) is 62.5. The highest BCUT2D eigenvalue weighted by Crippen LogP contribution is 2.44. The lowest BCUT2D eigenvalue weighted by atomic mass is 9.96. The zero-order valence-corrected chi connectivity index (χ0v) is 25.1. The number of aliphatic carboxylic acids is 1. The number of alkyl halides is 2. The van der Waals surface area contributed by atoms with E-state index in [0.29, 0.717) is 6.42 Å². The maximum Gasteiger partial charge on any atom is 0.407 e. The predicted octanol–water partition coefficient (Wildman–Crippen LogP) is 4.26. The molecule has 1 aliphatic rings. The number of nitrogens with one attached hydrogen (secondary N) is 3. The van der Waals surface area contributed by atoms with E-state index in [1.54, 1.807) is 20.8 Å². The number of ketones is 1. The smallest absolute Gasteiger partial charge is 0.407 e. The number of amides is 3. The number of fused-ring (bicyclic) bond motifs is 3. The van der Waals surface area contributed by atoms with E-state index in [2.05, 4.69) is 16.0 Å². The average Bonchev–Trinajstić information content (AvgIpc) is 3.30. The van der Waals surface area contributed by atoms with Gasteiger partial charge in [0.1, 0.15) is 24.7 Å². The maximum atomic E-state index is 13.4. The van der Waals surface area contributed by atoms with Gasteiger partial charge in [0.15, 0.2) is 0 Å². The number of alkyl carbamates (subject to hydrolysis) is 1. The largest absolute Gasteiger partial charge is 0.475 e. The minimum Gasteiger partial charge on any atom is -0.475 e. The number of carboxylic acid groups (broad SMARTS) is 1. The Morgan fingerprint density at radius 1 is 0.818 bits per heavy atom. The van der Waals surface area contributed by atoms with Gasteiger partial charge in [0, 0.05) is 12.3 Å². The van der Waals surface area contributed by atoms with Gasteiger partial charge in [-0.3, -0.25) is 14.4 Å². The van der Waals surface area contributed by atoms with Gasteiger partial charge < -0.3 is 25.8 Å². The van der Waals surface area contributed by atoms with Crippen LogP contribution in [0, 0.1) is 11.8 Å². The second-order valence-corrected chi connectivity index (χ2v) is 11.4. The number of rotatable bonds is 15. The van der Waals surface area contributed by atoms with E-state index in [1.165, 1.54) is 0 Å². The van der Waals surface area contributed by atoms with Crippen LogP contribution in [0.15, 0.2) is 48.5 Å². The SMILES string of the molecule is CCC(C)[C@H](NC(=O)OCC1c2ccccc2-c2ccccc21)C(=O)N[C@@H](CC(C)C)C(=O)NC(CC(F)F)C(=O)C(=O)O. The Morgan fingerprint density at radius 3 is 1.86 bits per heavy atom. The molecule has 0 aliphatic heterocycles. The van der Waals surface area contributed by atoms with Crippen molar-refractivity contribution in [3.05, 3.63) is 59.7 Å². The van der Waals surface area contributed by atoms with Crippen molar-refractivity contribution in [1.29, 1.82) is 0 Å². The Morgan fingerprint density at radius 2 is 1.36 bits per heavy atom. The Labute approximate surface area is 254 Å². The van der Waals surface area contributed by atoms with E-state index in [1.807, 2.05) is 55.5 Å². The molecule has 4 atom stereocenters. The monoisotopic (exact) mass is 615 g/mol. The van der Waals surface area contributed by atoms with Gasteiger partial charge in [-0.2, -0.15) is 0 Å². The van der Waals surface area contributed by atoms with Gasteiger partial charge in [-0.1, -0.05) is 82.6 Å². The molecule has 1 aliphatic carbocycles. The van der Waals surface area contributed by atoms with Gasteiger partial charge in [0.05, 0.1) is 0 Å². The fourth-order valence-corrected chi connectivity index (χ4v) is 5.26. The lowest BCUT2D eigenvalue weighted by molar-refractivity contribution is -0.151. The quantitative estimate of drug-likeness (QED) is 0.219. The van der Waals surface area contributed by atoms with Crippen LogP contribution in [-0.4, -0.2) is 65.9 Å². The summed E-state index contributed by atoms with van der Waals surface area (Å²) in [5.74, 6) is -6.02. The molecule has 0 heterocycles. The van der Waals surface area contributed by atoms with E-state index in [4.69, 9.17) is 9.84 Å². The molecule has 0 saturated heterocycles. The molecule has 2 unspecified atom stereocenters. The predicted molar refractivity (Wildman–Crippen MR) is 158 cm³/mol. The highest BCUT2D eigenvalue weighted by atomic mass is 19.3. The molecular weight excluding hydrogens is 576 g/mol. The zero-order chi connectivity index (χ0) is 32.6. The molecule has 0 aromatic heterocycles. The van der Waals surface area contributed by atoms with Crippen LogP contribution in [0.25, 0.3) is 11.1 Å². The maximum absolute atomic E-state index is 13.4. The van der Waals surface area contributed by atoms with Crippen molar-refractivity contribution in [1.82, 2.24) is 16.0 Å². The summed E-state index contributed by atoms with van der Waals surface area (Å²) >= 11 is 0. The van der Waals surface area contributed by atoms with Crippen LogP contribution in [0.1, 0.15) is 64.0 Å². The van der Waals surface area contributed by atoms with Crippen molar-refractivity contribution in [3.63, 3.8) is 0 Å². The number of hydrogen-bond donors (Lipinski definition) is 4. The number of benzene rings is 2. The molecule has 0 spiro atoms. The topological polar surface area (TPSA) is 151 Å². The molecular formula is C32H39F2N3O7. The second kappa shape index (κ2) is 15.4. The highest BCUT2D eigenvalue weighted by Gasteiger charge is 2.35. The molecule has 2 aromatic carbocycles. The first-order valence-electron chi connectivity index (χ1n) is 14.6. The highest BCUT2D eigenvalue weighted by molar-refractivity contribution is 6.35. The first kappa shape index (κ1) is 34.1. The minimum atomic E-state index is -3.06. The van der Waals surface area contributed by atoms with Crippen LogP contribution in [0.5, 0.6) is 0 Å². The molecule has 238 valence electrons. The van der Waals surface area contributed by atoms with Gasteiger partial charge in [0.2, 0.25) is 18.2 Å². The molecule has 0 bridgehead atoms. The van der Waals surface area contributed by atoms with Gasteiger partial charge in [0.25, 0.3) is 5.78 Å². The van der Waals surface area contributed by atoms with Crippen molar-refractivity contribution in [2.45, 2.75) is 77.4 Å². The van der Waals surface area contributed by atoms with E-state index in [-0.39, 0.29) is 24.9 Å². The Hall–Kier alpha value is -4.35. The van der Waals surface area contributed by atoms with Crippen LogP contribution in [0.3, 0.4) is 0 Å². The third-order valence-electron chi connectivity index (χ3n) is 7.71. The van der Waals surface area contributed by atoms with E-state index in [0.717, 1.165) is 22.3 Å². The number of hydrogen-bond acceptors (Lipinski definition) is 6. The summed E-state index contributed by atoms with van der Waals surface area (Å²) in [6.07, 6.45) is -4.55. The van der Waals surface area contributed by atoms with Gasteiger partial charge in [-0.25, -0.2) is 18.4 Å². The molecule has 10 nitrogen and oxygen atoms in total. The Kier molecular flexibility index (Phi) is 11.9. The molecule has 4 N–H and O–H groups in total. The van der Waals surface area contributed by atoms with Crippen molar-refractivity contribution < 1.29 is 42.6 Å². The summed E-state index contributed by atoms with van der Waals surface area (Å²) in [5, 5.41) is 16.2. The van der Waals surface area contributed by atoms with Crippen molar-refractivity contribution in [2.24, 2.45) is 11.8 Å². The van der Waals surface area contributed by atoms with E-state index < -0.39 is 66.5 Å². The van der Waals surface area contributed by atoms with Gasteiger partial charge >= 0.3 is 12.1 Å². The summed E-state index contributed by atoms with van der Waals surface area (Å²) < 4.78 is 31.6. The standard InChI is InChI=1S/C32H39F2N3O7/c1-5-18(4)27(30(40)36-25(14-17(2)3)29(39)35-24(15-26(33)34)28(38)31(41)42)37-32(43)44-16-23-21-12-8-6-10-19(21)20-11-7-9-13-22(20)23/h6-13,17-18,23-27H,5,14-16H2,1-4H3,(H,35,39)(H,36,40)(H,37,43)(H,41,42)/t18?,24?,25-,27-/m0/s1. The van der Waals surface area contributed by atoms with Crippen LogP contribution < -0.4 is 16.0 Å².